The number of amides is 1. The van der Waals surface area contributed by atoms with Gasteiger partial charge in [0, 0.05) is 10.9 Å². The highest BCUT2D eigenvalue weighted by molar-refractivity contribution is 7.07. The van der Waals surface area contributed by atoms with E-state index >= 15 is 0 Å². The number of benzene rings is 2. The second kappa shape index (κ2) is 8.63. The fourth-order valence-electron chi connectivity index (χ4n) is 2.71. The van der Waals surface area contributed by atoms with Gasteiger partial charge in [-0.25, -0.2) is 4.98 Å². The third-order valence-corrected chi connectivity index (χ3v) is 4.71. The minimum Gasteiger partial charge on any atom is -0.487 e. The van der Waals surface area contributed by atoms with E-state index in [2.05, 4.69) is 24.1 Å². The zero-order valence-electron chi connectivity index (χ0n) is 14.9. The maximum atomic E-state index is 12.7. The zero-order valence-corrected chi connectivity index (χ0v) is 15.7. The Balaban J connectivity index is 1.69. The molecule has 0 saturated heterocycles. The smallest absolute Gasteiger partial charge is 0.251 e. The first-order valence-electron chi connectivity index (χ1n) is 8.59. The second-order valence-electron chi connectivity index (χ2n) is 6.40. The van der Waals surface area contributed by atoms with Crippen molar-refractivity contribution in [3.8, 4) is 5.75 Å². The quantitative estimate of drug-likeness (QED) is 0.650. The Morgan fingerprint density at radius 1 is 1.15 bits per heavy atom. The van der Waals surface area contributed by atoms with E-state index < -0.39 is 0 Å². The van der Waals surface area contributed by atoms with Gasteiger partial charge >= 0.3 is 0 Å². The predicted molar refractivity (Wildman–Crippen MR) is 104 cm³/mol. The molecule has 26 heavy (non-hydrogen) atoms. The Kier molecular flexibility index (Phi) is 6.02. The zero-order chi connectivity index (χ0) is 18.4. The van der Waals surface area contributed by atoms with Gasteiger partial charge in [0.15, 0.2) is 0 Å². The number of rotatable bonds is 7. The lowest BCUT2D eigenvalue weighted by Gasteiger charge is -2.23. The van der Waals surface area contributed by atoms with Gasteiger partial charge < -0.3 is 10.1 Å². The van der Waals surface area contributed by atoms with Gasteiger partial charge in [0.25, 0.3) is 5.91 Å². The Morgan fingerprint density at radius 3 is 2.65 bits per heavy atom. The minimum absolute atomic E-state index is 0.0386. The number of nitrogens with one attached hydrogen (secondary N) is 1. The molecule has 0 aliphatic heterocycles. The molecule has 3 aromatic rings. The number of nitrogens with zero attached hydrogens (tertiary/aromatic N) is 1. The average Bonchev–Trinajstić information content (AvgIpc) is 3.18. The van der Waals surface area contributed by atoms with Crippen LogP contribution in [0.1, 0.15) is 41.5 Å². The van der Waals surface area contributed by atoms with Crippen LogP contribution in [0.25, 0.3) is 0 Å². The van der Waals surface area contributed by atoms with E-state index in [4.69, 9.17) is 4.74 Å². The molecular formula is C21H22N2O2S. The van der Waals surface area contributed by atoms with Gasteiger partial charge in [0.05, 0.1) is 17.2 Å². The molecule has 1 N–H and O–H groups in total. The summed E-state index contributed by atoms with van der Waals surface area (Å²) in [4.78, 5) is 16.9. The van der Waals surface area contributed by atoms with Gasteiger partial charge in [-0.2, -0.15) is 0 Å². The molecule has 0 radical (unpaired) electrons. The summed E-state index contributed by atoms with van der Waals surface area (Å²) in [6, 6.07) is 17.2. The van der Waals surface area contributed by atoms with Crippen molar-refractivity contribution in [2.75, 3.05) is 0 Å². The van der Waals surface area contributed by atoms with Crippen LogP contribution in [0.15, 0.2) is 65.5 Å². The van der Waals surface area contributed by atoms with Crippen LogP contribution in [0, 0.1) is 5.92 Å². The number of thiazole rings is 1. The minimum atomic E-state index is -0.105. The second-order valence-corrected chi connectivity index (χ2v) is 7.12. The fourth-order valence-corrected chi connectivity index (χ4v) is 3.26. The summed E-state index contributed by atoms with van der Waals surface area (Å²) in [5, 5.41) is 5.09. The Morgan fingerprint density at radius 2 is 1.96 bits per heavy atom. The van der Waals surface area contributed by atoms with E-state index in [0.29, 0.717) is 17.9 Å². The standard InChI is InChI=1S/C21H22N2O2S/c1-15(2)20(16-7-4-3-5-8-16)23-21(24)17-9-6-10-19(11-17)25-12-18-13-26-14-22-18/h3-11,13-15,20H,12H2,1-2H3,(H,23,24). The van der Waals surface area contributed by atoms with Crippen molar-refractivity contribution in [1.82, 2.24) is 10.3 Å². The summed E-state index contributed by atoms with van der Waals surface area (Å²) < 4.78 is 5.74. The Hall–Kier alpha value is -2.66. The van der Waals surface area contributed by atoms with Crippen molar-refractivity contribution in [2.45, 2.75) is 26.5 Å². The third kappa shape index (κ3) is 4.70. The average molecular weight is 366 g/mol. The fraction of sp³-hybridized carbons (Fsp3) is 0.238. The molecule has 0 saturated carbocycles. The Labute approximate surface area is 157 Å². The summed E-state index contributed by atoms with van der Waals surface area (Å²) in [6.07, 6.45) is 0. The predicted octanol–water partition coefficient (Wildman–Crippen LogP) is 4.85. The molecule has 1 aromatic heterocycles. The van der Waals surface area contributed by atoms with Crippen LogP contribution in [0.5, 0.6) is 5.75 Å². The molecule has 0 spiro atoms. The van der Waals surface area contributed by atoms with Crippen LogP contribution in [-0.2, 0) is 6.61 Å². The van der Waals surface area contributed by atoms with Gasteiger partial charge in [0.2, 0.25) is 0 Å². The highest BCUT2D eigenvalue weighted by Crippen LogP contribution is 2.23. The number of carbonyl (C=O) groups excluding carboxylic acids is 1. The molecule has 3 rings (SSSR count). The lowest BCUT2D eigenvalue weighted by atomic mass is 9.95. The summed E-state index contributed by atoms with van der Waals surface area (Å²) in [5.41, 5.74) is 4.35. The van der Waals surface area contributed by atoms with Crippen molar-refractivity contribution >= 4 is 17.2 Å². The molecule has 1 atom stereocenters. The molecule has 4 nitrogen and oxygen atoms in total. The lowest BCUT2D eigenvalue weighted by Crippen LogP contribution is -2.31. The van der Waals surface area contributed by atoms with Gasteiger partial charge in [-0.3, -0.25) is 4.79 Å². The van der Waals surface area contributed by atoms with Crippen LogP contribution >= 0.6 is 11.3 Å². The monoisotopic (exact) mass is 366 g/mol. The summed E-state index contributed by atoms with van der Waals surface area (Å²) in [6.45, 7) is 4.60. The van der Waals surface area contributed by atoms with Crippen LogP contribution in [0.2, 0.25) is 0 Å². The van der Waals surface area contributed by atoms with Crippen LogP contribution in [0.3, 0.4) is 0 Å². The first kappa shape index (κ1) is 18.1. The Bertz CT molecular complexity index is 832. The molecule has 0 bridgehead atoms. The van der Waals surface area contributed by atoms with Crippen molar-refractivity contribution < 1.29 is 9.53 Å². The topological polar surface area (TPSA) is 51.2 Å². The molecule has 1 heterocycles. The van der Waals surface area contributed by atoms with Crippen molar-refractivity contribution in [3.63, 3.8) is 0 Å². The first-order valence-corrected chi connectivity index (χ1v) is 9.53. The molecule has 5 heteroatoms. The van der Waals surface area contributed by atoms with E-state index in [9.17, 15) is 4.79 Å². The van der Waals surface area contributed by atoms with Crippen LogP contribution < -0.4 is 10.1 Å². The van der Waals surface area contributed by atoms with E-state index in [1.165, 1.54) is 11.3 Å². The van der Waals surface area contributed by atoms with Crippen molar-refractivity contribution in [1.29, 1.82) is 0 Å². The van der Waals surface area contributed by atoms with E-state index in [0.717, 1.165) is 11.3 Å². The van der Waals surface area contributed by atoms with Crippen LogP contribution in [-0.4, -0.2) is 10.9 Å². The third-order valence-electron chi connectivity index (χ3n) is 4.08. The number of hydrogen-bond acceptors (Lipinski definition) is 4. The van der Waals surface area contributed by atoms with Crippen LogP contribution in [0.4, 0.5) is 0 Å². The lowest BCUT2D eigenvalue weighted by molar-refractivity contribution is 0.0925. The molecule has 0 aliphatic carbocycles. The van der Waals surface area contributed by atoms with Crippen molar-refractivity contribution in [2.24, 2.45) is 5.92 Å². The van der Waals surface area contributed by atoms with Gasteiger partial charge in [-0.15, -0.1) is 11.3 Å². The number of aromatic nitrogens is 1. The maximum absolute atomic E-state index is 12.7. The van der Waals surface area contributed by atoms with E-state index in [1.54, 1.807) is 17.6 Å². The highest BCUT2D eigenvalue weighted by atomic mass is 32.1. The molecule has 1 unspecified atom stereocenters. The first-order chi connectivity index (χ1) is 12.6. The normalized spacial score (nSPS) is 12.0. The number of ether oxygens (including phenoxy) is 1. The molecule has 0 aliphatic rings. The molecular weight excluding hydrogens is 344 g/mol. The summed E-state index contributed by atoms with van der Waals surface area (Å²) in [7, 11) is 0. The van der Waals surface area contributed by atoms with Gasteiger partial charge in [-0.1, -0.05) is 50.2 Å². The summed E-state index contributed by atoms with van der Waals surface area (Å²) in [5.74, 6) is 0.837. The molecule has 2 aromatic carbocycles. The van der Waals surface area contributed by atoms with E-state index in [-0.39, 0.29) is 17.9 Å². The SMILES string of the molecule is CC(C)C(NC(=O)c1cccc(OCc2cscn2)c1)c1ccccc1. The molecule has 134 valence electrons. The van der Waals surface area contributed by atoms with Gasteiger partial charge in [-0.05, 0) is 29.7 Å². The number of carbonyl (C=O) groups is 1. The molecule has 0 fully saturated rings. The highest BCUT2D eigenvalue weighted by Gasteiger charge is 2.19. The maximum Gasteiger partial charge on any atom is 0.251 e. The largest absolute Gasteiger partial charge is 0.487 e. The number of hydrogen-bond donors (Lipinski definition) is 1. The van der Waals surface area contributed by atoms with Gasteiger partial charge in [0.1, 0.15) is 12.4 Å². The summed E-state index contributed by atoms with van der Waals surface area (Å²) >= 11 is 1.53. The van der Waals surface area contributed by atoms with Crippen molar-refractivity contribution in [3.05, 3.63) is 82.3 Å². The van der Waals surface area contributed by atoms with E-state index in [1.807, 2.05) is 47.8 Å². The molecule has 1 amide bonds.